The van der Waals surface area contributed by atoms with Crippen molar-refractivity contribution in [2.75, 3.05) is 26.1 Å². The van der Waals surface area contributed by atoms with Crippen LogP contribution in [0.3, 0.4) is 0 Å². The van der Waals surface area contributed by atoms with Crippen molar-refractivity contribution in [2.45, 2.75) is 0 Å². The topological polar surface area (TPSA) is 99.4 Å². The van der Waals surface area contributed by atoms with E-state index in [0.29, 0.717) is 28.2 Å². The van der Waals surface area contributed by atoms with Crippen LogP contribution in [0.15, 0.2) is 18.5 Å². The van der Waals surface area contributed by atoms with Gasteiger partial charge in [-0.15, -0.1) is 0 Å². The second-order valence-corrected chi connectivity index (χ2v) is 3.70. The average Bonchev–Trinajstić information content (AvgIpc) is 2.45. The highest BCUT2D eigenvalue weighted by Crippen LogP contribution is 2.33. The number of fused-ring (bicyclic) bond motifs is 1. The molecule has 0 radical (unpaired) electrons. The zero-order chi connectivity index (χ0) is 13.8. The highest BCUT2D eigenvalue weighted by Gasteiger charge is 2.11. The van der Waals surface area contributed by atoms with E-state index >= 15 is 0 Å². The third kappa shape index (κ3) is 2.55. The molecule has 0 aliphatic heterocycles. The largest absolute Gasteiger partial charge is 0.493 e. The Kier molecular flexibility index (Phi) is 3.76. The lowest BCUT2D eigenvalue weighted by Crippen LogP contribution is -2.22. The fraction of sp³-hybridized carbons (Fsp3) is 0.250. The van der Waals surface area contributed by atoms with E-state index in [1.54, 1.807) is 19.2 Å². The van der Waals surface area contributed by atoms with Crippen molar-refractivity contribution >= 4 is 22.6 Å². The Balaban J connectivity index is 2.57. The van der Waals surface area contributed by atoms with Crippen LogP contribution in [0.2, 0.25) is 0 Å². The molecule has 0 bridgehead atoms. The summed E-state index contributed by atoms with van der Waals surface area (Å²) in [6.07, 6.45) is 1.36. The third-order valence-electron chi connectivity index (χ3n) is 2.58. The lowest BCUT2D eigenvalue weighted by Gasteiger charge is -2.11. The number of anilines is 1. The van der Waals surface area contributed by atoms with Crippen molar-refractivity contribution in [3.63, 3.8) is 0 Å². The van der Waals surface area contributed by atoms with Crippen molar-refractivity contribution < 1.29 is 14.3 Å². The van der Waals surface area contributed by atoms with Gasteiger partial charge in [-0.25, -0.2) is 9.97 Å². The van der Waals surface area contributed by atoms with Crippen LogP contribution < -0.4 is 20.5 Å². The third-order valence-corrected chi connectivity index (χ3v) is 2.58. The predicted molar refractivity (Wildman–Crippen MR) is 70.3 cm³/mol. The van der Waals surface area contributed by atoms with Crippen LogP contribution in [0, 0.1) is 0 Å². The number of aromatic nitrogens is 2. The van der Waals surface area contributed by atoms with Crippen molar-refractivity contribution in [1.82, 2.24) is 9.97 Å². The summed E-state index contributed by atoms with van der Waals surface area (Å²) >= 11 is 0. The van der Waals surface area contributed by atoms with Gasteiger partial charge in [-0.1, -0.05) is 0 Å². The Morgan fingerprint density at radius 3 is 2.58 bits per heavy atom. The smallest absolute Gasteiger partial charge is 0.239 e. The van der Waals surface area contributed by atoms with E-state index < -0.39 is 0 Å². The van der Waals surface area contributed by atoms with E-state index in [9.17, 15) is 4.79 Å². The summed E-state index contributed by atoms with van der Waals surface area (Å²) in [6.45, 7) is -0.112. The Morgan fingerprint density at radius 1 is 1.26 bits per heavy atom. The molecule has 7 nitrogen and oxygen atoms in total. The number of hydrogen-bond acceptors (Lipinski definition) is 6. The average molecular weight is 262 g/mol. The number of hydrogen-bond donors (Lipinski definition) is 2. The molecule has 2 rings (SSSR count). The maximum absolute atomic E-state index is 11.4. The highest BCUT2D eigenvalue weighted by atomic mass is 16.5. The molecule has 2 aromatic rings. The maximum Gasteiger partial charge on any atom is 0.239 e. The molecule has 0 aliphatic rings. The maximum atomic E-state index is 11.4. The molecule has 7 heteroatoms. The number of nitrogens with zero attached hydrogens (tertiary/aromatic N) is 2. The number of ether oxygens (including phenoxy) is 2. The van der Waals surface area contributed by atoms with E-state index in [-0.39, 0.29) is 12.5 Å². The van der Waals surface area contributed by atoms with Crippen molar-refractivity contribution in [3.8, 4) is 11.5 Å². The molecule has 0 aliphatic carbocycles. The first-order valence-corrected chi connectivity index (χ1v) is 5.56. The van der Waals surface area contributed by atoms with Gasteiger partial charge in [-0.2, -0.15) is 0 Å². The number of amides is 1. The zero-order valence-corrected chi connectivity index (χ0v) is 10.6. The van der Waals surface area contributed by atoms with Gasteiger partial charge < -0.3 is 20.5 Å². The number of methoxy groups -OCH3 is 2. The number of nitrogens with one attached hydrogen (secondary N) is 1. The summed E-state index contributed by atoms with van der Waals surface area (Å²) in [5.41, 5.74) is 5.90. The molecule has 0 atom stereocenters. The standard InChI is InChI=1S/C12H14N4O3/c1-18-9-3-7-8(4-10(9)19-2)14-6-15-12(7)16-11(17)5-13/h3-4,6H,5,13H2,1-2H3,(H,14,15,16,17). The first-order chi connectivity index (χ1) is 9.19. The van der Waals surface area contributed by atoms with Gasteiger partial charge in [0.05, 0.1) is 26.3 Å². The number of rotatable bonds is 4. The van der Waals surface area contributed by atoms with Gasteiger partial charge in [0.15, 0.2) is 11.5 Å². The van der Waals surface area contributed by atoms with Crippen LogP contribution in [0.1, 0.15) is 0 Å². The minimum absolute atomic E-state index is 0.112. The van der Waals surface area contributed by atoms with Crippen LogP contribution >= 0.6 is 0 Å². The number of carbonyl (C=O) groups excluding carboxylic acids is 1. The van der Waals surface area contributed by atoms with Crippen molar-refractivity contribution in [2.24, 2.45) is 5.73 Å². The molecule has 100 valence electrons. The molecular formula is C12H14N4O3. The molecule has 1 aromatic carbocycles. The van der Waals surface area contributed by atoms with Crippen LogP contribution in [0.25, 0.3) is 10.9 Å². The van der Waals surface area contributed by atoms with E-state index in [2.05, 4.69) is 15.3 Å². The summed E-state index contributed by atoms with van der Waals surface area (Å²) < 4.78 is 10.4. The van der Waals surface area contributed by atoms with E-state index in [0.717, 1.165) is 0 Å². The summed E-state index contributed by atoms with van der Waals surface area (Å²) in [7, 11) is 3.08. The second kappa shape index (κ2) is 5.49. The Morgan fingerprint density at radius 2 is 1.95 bits per heavy atom. The molecule has 1 heterocycles. The highest BCUT2D eigenvalue weighted by molar-refractivity contribution is 6.00. The fourth-order valence-corrected chi connectivity index (χ4v) is 1.67. The molecule has 0 unspecified atom stereocenters. The lowest BCUT2D eigenvalue weighted by molar-refractivity contribution is -0.114. The lowest BCUT2D eigenvalue weighted by atomic mass is 10.2. The van der Waals surface area contributed by atoms with Crippen LogP contribution in [0.4, 0.5) is 5.82 Å². The van der Waals surface area contributed by atoms with Crippen LogP contribution in [-0.2, 0) is 4.79 Å². The summed E-state index contributed by atoms with van der Waals surface area (Å²) in [5, 5.41) is 3.27. The van der Waals surface area contributed by atoms with Gasteiger partial charge in [0.1, 0.15) is 12.1 Å². The quantitative estimate of drug-likeness (QED) is 0.834. The number of benzene rings is 1. The Hall–Kier alpha value is -2.41. The molecule has 0 saturated carbocycles. The summed E-state index contributed by atoms with van der Waals surface area (Å²) in [4.78, 5) is 19.5. The SMILES string of the molecule is COc1cc2ncnc(NC(=O)CN)c2cc1OC. The van der Waals surface area contributed by atoms with Crippen molar-refractivity contribution in [3.05, 3.63) is 18.5 Å². The van der Waals surface area contributed by atoms with Gasteiger partial charge in [0.2, 0.25) is 5.91 Å². The number of nitrogens with two attached hydrogens (primary N) is 1. The summed E-state index contributed by atoms with van der Waals surface area (Å²) in [6, 6.07) is 3.42. The fourth-order valence-electron chi connectivity index (χ4n) is 1.67. The van der Waals surface area contributed by atoms with E-state index in [4.69, 9.17) is 15.2 Å². The Bertz CT molecular complexity index is 615. The predicted octanol–water partition coefficient (Wildman–Crippen LogP) is 0.544. The van der Waals surface area contributed by atoms with Gasteiger partial charge in [-0.3, -0.25) is 4.79 Å². The monoisotopic (exact) mass is 262 g/mol. The zero-order valence-electron chi connectivity index (χ0n) is 10.6. The molecule has 19 heavy (non-hydrogen) atoms. The van der Waals surface area contributed by atoms with E-state index in [1.807, 2.05) is 0 Å². The van der Waals surface area contributed by atoms with Gasteiger partial charge in [-0.05, 0) is 6.07 Å². The molecule has 0 fully saturated rings. The number of carbonyl (C=O) groups is 1. The summed E-state index contributed by atoms with van der Waals surface area (Å²) in [5.74, 6) is 1.16. The first-order valence-electron chi connectivity index (χ1n) is 5.56. The minimum Gasteiger partial charge on any atom is -0.493 e. The van der Waals surface area contributed by atoms with E-state index in [1.165, 1.54) is 13.4 Å². The van der Waals surface area contributed by atoms with Gasteiger partial charge in [0, 0.05) is 11.5 Å². The van der Waals surface area contributed by atoms with Crippen LogP contribution in [-0.4, -0.2) is 36.6 Å². The first kappa shape index (κ1) is 13.0. The van der Waals surface area contributed by atoms with Gasteiger partial charge >= 0.3 is 0 Å². The van der Waals surface area contributed by atoms with Crippen LogP contribution in [0.5, 0.6) is 11.5 Å². The van der Waals surface area contributed by atoms with Gasteiger partial charge in [0.25, 0.3) is 0 Å². The molecular weight excluding hydrogens is 248 g/mol. The van der Waals surface area contributed by atoms with Crippen molar-refractivity contribution in [1.29, 1.82) is 0 Å². The minimum atomic E-state index is -0.324. The molecule has 0 spiro atoms. The normalized spacial score (nSPS) is 10.3. The molecule has 0 saturated heterocycles. The molecule has 3 N–H and O–H groups in total. The molecule has 1 amide bonds. The Labute approximate surface area is 109 Å². The molecule has 1 aromatic heterocycles. The second-order valence-electron chi connectivity index (χ2n) is 3.70.